The van der Waals surface area contributed by atoms with Crippen LogP contribution in [0.25, 0.3) is 0 Å². The van der Waals surface area contributed by atoms with E-state index in [1.165, 1.54) is 6.92 Å². The van der Waals surface area contributed by atoms with Crippen molar-refractivity contribution < 1.29 is 38.4 Å². The molecular formula is C53H104N28O8. The molecule has 0 aliphatic heterocycles. The zero-order valence-electron chi connectivity index (χ0n) is 51.8. The van der Waals surface area contributed by atoms with Crippen molar-refractivity contribution in [3.8, 4) is 0 Å². The summed E-state index contributed by atoms with van der Waals surface area (Å²) in [5.41, 5.74) is 88.7. The summed E-state index contributed by atoms with van der Waals surface area (Å²) in [5.74, 6) is -10.1. The summed E-state index contributed by atoms with van der Waals surface area (Å²) < 4.78 is 0. The standard InChI is InChI=1S/C53H104N28O8/c1-30(11-3-19-70-46(54)55)42(86)79-36(16-8-24-75-51(64)65)39(83)28-33(13-5-21-72-48(58)59)44(88)81-38(18-10-26-77-53(68)69)41(85)29-34(14-6-22-73-49(60)61)45(89)80-37(17-9-25-76-52(66)67)40(84)27-32(12-4-20-71-47(56)57)43(87)78-35(31(2)82)15-7-23-74-50(62)63/h30,32-38H,3-29H2,1-2H3,(H,78,87)(H,79,86)(H,80,89)(H,81,88)(H4,54,55,70)(H4,56,57,71)(H4,58,59,72)(H4,60,61,73)(H4,62,63,74)(H4,64,65,75)(H4,66,67,76)(H4,68,69,77)/t30-,32+,33+,34+,35-,36-,37-,38-/m1/s1. The minimum Gasteiger partial charge on any atom is -0.370 e. The minimum atomic E-state index is -1.31. The molecule has 36 nitrogen and oxygen atoms in total. The monoisotopic (exact) mass is 1260 g/mol. The van der Waals surface area contributed by atoms with Crippen LogP contribution in [0, 0.1) is 23.7 Å². The first kappa shape index (κ1) is 79.7. The molecule has 0 saturated heterocycles. The fourth-order valence-electron chi connectivity index (χ4n) is 9.02. The van der Waals surface area contributed by atoms with Gasteiger partial charge in [0.1, 0.15) is 0 Å². The SMILES string of the molecule is CC(=O)[C@@H](CCCN=C(N)N)NC(=O)[C@@H](CCCN=C(N)N)CC(=O)[C@@H](CCCN=C(N)N)NC(=O)[C@@H](CCCN=C(N)N)CC(=O)[C@@H](CCCN=C(N)N)NC(=O)[C@@H](CCCN=C(N)N)CC(=O)[C@@H](CCCN=C(N)N)NC(=O)[C@H](C)CCCN=C(N)N. The molecule has 0 bridgehead atoms. The predicted molar refractivity (Wildman–Crippen MR) is 346 cm³/mol. The number of nitrogens with one attached hydrogen (secondary N) is 4. The van der Waals surface area contributed by atoms with Crippen molar-refractivity contribution in [1.82, 2.24) is 21.3 Å². The van der Waals surface area contributed by atoms with Crippen LogP contribution in [0.2, 0.25) is 0 Å². The first-order valence-corrected chi connectivity index (χ1v) is 29.7. The zero-order valence-corrected chi connectivity index (χ0v) is 51.8. The van der Waals surface area contributed by atoms with Crippen molar-refractivity contribution in [2.24, 2.45) is 155 Å². The van der Waals surface area contributed by atoms with Crippen LogP contribution in [0.3, 0.4) is 0 Å². The minimum absolute atomic E-state index is 0.0174. The second kappa shape index (κ2) is 46.0. The number of hydrogen-bond acceptors (Lipinski definition) is 16. The smallest absolute Gasteiger partial charge is 0.224 e. The Labute approximate surface area is 520 Å². The third kappa shape index (κ3) is 40.7. The molecule has 4 amide bonds. The number of Topliss-reactive ketones (excluding diaryl/α,β-unsaturated/α-hetero) is 4. The van der Waals surface area contributed by atoms with Gasteiger partial charge in [-0.25, -0.2) is 0 Å². The fraction of sp³-hybridized carbons (Fsp3) is 0.698. The van der Waals surface area contributed by atoms with Crippen LogP contribution in [0.5, 0.6) is 0 Å². The second-order valence-corrected chi connectivity index (χ2v) is 21.4. The predicted octanol–water partition coefficient (Wildman–Crippen LogP) is -6.69. The summed E-state index contributed by atoms with van der Waals surface area (Å²) in [6.45, 7) is 3.86. The van der Waals surface area contributed by atoms with Crippen molar-refractivity contribution in [3.05, 3.63) is 0 Å². The van der Waals surface area contributed by atoms with Crippen molar-refractivity contribution >= 4 is 94.4 Å². The Hall–Kier alpha value is -9.28. The van der Waals surface area contributed by atoms with Gasteiger partial charge < -0.3 is 113 Å². The lowest BCUT2D eigenvalue weighted by atomic mass is 9.88. The maximum atomic E-state index is 14.8. The first-order valence-electron chi connectivity index (χ1n) is 29.7. The average molecular weight is 1260 g/mol. The molecule has 0 aliphatic carbocycles. The van der Waals surface area contributed by atoms with Gasteiger partial charge in [-0.15, -0.1) is 0 Å². The normalized spacial score (nSPS) is 13.4. The maximum absolute atomic E-state index is 14.8. The highest BCUT2D eigenvalue weighted by Gasteiger charge is 2.35. The van der Waals surface area contributed by atoms with E-state index in [9.17, 15) is 38.4 Å². The number of guanidine groups is 8. The molecule has 8 atom stereocenters. The molecular weight excluding hydrogens is 1160 g/mol. The summed E-state index contributed by atoms with van der Waals surface area (Å²) >= 11 is 0. The number of carbonyl (C=O) groups is 8. The molecule has 0 saturated carbocycles. The zero-order chi connectivity index (χ0) is 67.4. The molecule has 0 radical (unpaired) electrons. The summed E-state index contributed by atoms with van der Waals surface area (Å²) in [7, 11) is 0. The molecule has 0 aromatic carbocycles. The van der Waals surface area contributed by atoms with E-state index in [1.54, 1.807) is 6.92 Å². The first-order chi connectivity index (χ1) is 41.9. The Morgan fingerprint density at radius 3 is 0.697 bits per heavy atom. The number of amides is 4. The summed E-state index contributed by atoms with van der Waals surface area (Å²) in [6, 6.07) is -4.65. The Morgan fingerprint density at radius 1 is 0.281 bits per heavy atom. The highest BCUT2D eigenvalue weighted by molar-refractivity contribution is 5.97. The van der Waals surface area contributed by atoms with Gasteiger partial charge in [0.2, 0.25) is 23.6 Å². The van der Waals surface area contributed by atoms with E-state index in [2.05, 4.69) is 61.2 Å². The number of nitrogens with two attached hydrogens (primary N) is 16. The van der Waals surface area contributed by atoms with E-state index < -0.39 is 108 Å². The lowest BCUT2D eigenvalue weighted by Crippen LogP contribution is -2.49. The molecule has 0 rings (SSSR count). The van der Waals surface area contributed by atoms with Gasteiger partial charge in [0.25, 0.3) is 0 Å². The summed E-state index contributed by atoms with van der Waals surface area (Å²) in [4.78, 5) is 145. The van der Waals surface area contributed by atoms with Crippen LogP contribution >= 0.6 is 0 Å². The number of aliphatic imine (C=N–C) groups is 8. The van der Waals surface area contributed by atoms with E-state index >= 15 is 0 Å². The Morgan fingerprint density at radius 2 is 0.472 bits per heavy atom. The van der Waals surface area contributed by atoms with Gasteiger partial charge in [-0.2, -0.15) is 0 Å². The summed E-state index contributed by atoms with van der Waals surface area (Å²) in [5, 5.41) is 11.2. The molecule has 0 spiro atoms. The molecule has 504 valence electrons. The topological polar surface area (TPSA) is 700 Å². The molecule has 0 fully saturated rings. The third-order valence-corrected chi connectivity index (χ3v) is 13.7. The summed E-state index contributed by atoms with van der Waals surface area (Å²) in [6.07, 6.45) is 1.28. The highest BCUT2D eigenvalue weighted by atomic mass is 16.2. The lowest BCUT2D eigenvalue weighted by Gasteiger charge is -2.26. The van der Waals surface area contributed by atoms with Crippen LogP contribution in [0.1, 0.15) is 136 Å². The quantitative estimate of drug-likeness (QED) is 0.0153. The van der Waals surface area contributed by atoms with Crippen molar-refractivity contribution in [3.63, 3.8) is 0 Å². The van der Waals surface area contributed by atoms with E-state index in [1.807, 2.05) is 0 Å². The van der Waals surface area contributed by atoms with Gasteiger partial charge in [-0.3, -0.25) is 78.3 Å². The van der Waals surface area contributed by atoms with Gasteiger partial charge in [-0.1, -0.05) is 6.92 Å². The Bertz CT molecular complexity index is 2470. The van der Waals surface area contributed by atoms with E-state index in [0.717, 1.165) is 0 Å². The highest BCUT2D eigenvalue weighted by Crippen LogP contribution is 2.22. The molecule has 0 heterocycles. The van der Waals surface area contributed by atoms with Crippen LogP contribution in [-0.2, 0) is 38.4 Å². The number of carbonyl (C=O) groups excluding carboxylic acids is 8. The molecule has 0 aromatic rings. The van der Waals surface area contributed by atoms with Gasteiger partial charge in [0.05, 0.1) is 24.2 Å². The second-order valence-electron chi connectivity index (χ2n) is 21.4. The largest absolute Gasteiger partial charge is 0.370 e. The van der Waals surface area contributed by atoms with Crippen LogP contribution in [0.4, 0.5) is 0 Å². The maximum Gasteiger partial charge on any atom is 0.224 e. The molecule has 36 heteroatoms. The average Bonchev–Trinajstić information content (AvgIpc) is 3.36. The molecule has 36 N–H and O–H groups in total. The number of hydrogen-bond donors (Lipinski definition) is 20. The number of rotatable bonds is 50. The van der Waals surface area contributed by atoms with Gasteiger partial charge in [0.15, 0.2) is 70.8 Å². The van der Waals surface area contributed by atoms with Crippen LogP contribution in [-0.4, -0.2) is 171 Å². The Balaban J connectivity index is 7.48. The van der Waals surface area contributed by atoms with Crippen molar-refractivity contribution in [2.45, 2.75) is 160 Å². The van der Waals surface area contributed by atoms with Gasteiger partial charge >= 0.3 is 0 Å². The van der Waals surface area contributed by atoms with E-state index in [0.29, 0.717) is 19.3 Å². The van der Waals surface area contributed by atoms with Gasteiger partial charge in [-0.05, 0) is 110 Å². The van der Waals surface area contributed by atoms with Crippen molar-refractivity contribution in [1.29, 1.82) is 0 Å². The Kier molecular flexibility index (Phi) is 41.2. The van der Waals surface area contributed by atoms with Crippen molar-refractivity contribution in [2.75, 3.05) is 52.4 Å². The fourth-order valence-corrected chi connectivity index (χ4v) is 9.02. The molecule has 0 aromatic heterocycles. The van der Waals surface area contributed by atoms with Crippen LogP contribution < -0.4 is 113 Å². The molecule has 89 heavy (non-hydrogen) atoms. The van der Waals surface area contributed by atoms with E-state index in [4.69, 9.17) is 91.7 Å². The molecule has 0 unspecified atom stereocenters. The third-order valence-electron chi connectivity index (χ3n) is 13.7. The number of ketones is 4. The molecule has 0 aliphatic rings. The van der Waals surface area contributed by atoms with Gasteiger partial charge in [0, 0.05) is 95.3 Å². The lowest BCUT2D eigenvalue weighted by molar-refractivity contribution is -0.136. The number of nitrogens with zero attached hydrogens (tertiary/aromatic N) is 8. The van der Waals surface area contributed by atoms with Crippen LogP contribution in [0.15, 0.2) is 39.9 Å². The van der Waals surface area contributed by atoms with E-state index in [-0.39, 0.29) is 189 Å².